The molecule has 1 rings (SSSR count). The van der Waals surface area contributed by atoms with Crippen molar-refractivity contribution in [1.29, 1.82) is 0 Å². The Morgan fingerprint density at radius 1 is 1.57 bits per heavy atom. The molecule has 1 aromatic carbocycles. The predicted octanol–water partition coefficient (Wildman–Crippen LogP) is 1.13. The number of benzene rings is 1. The number of aldehydes is 1. The number of hydrogen-bond donors (Lipinski definition) is 1. The van der Waals surface area contributed by atoms with Crippen LogP contribution in [0.4, 0.5) is 0 Å². The summed E-state index contributed by atoms with van der Waals surface area (Å²) in [6.07, 6.45) is 0.416. The Balaban J connectivity index is 3.18. The maximum absolute atomic E-state index is 10.6. The number of methoxy groups -OCH3 is 1. The Bertz CT molecular complexity index is 357. The molecule has 0 aliphatic rings. The molecule has 4 heteroatoms. The Morgan fingerprint density at radius 2 is 2.29 bits per heavy atom. The number of aliphatic carboxylic acids is 1. The van der Waals surface area contributed by atoms with Crippen LogP contribution in [0.2, 0.25) is 0 Å². The van der Waals surface area contributed by atoms with E-state index in [1.165, 1.54) is 7.11 Å². The number of rotatable bonds is 4. The quantitative estimate of drug-likeness (QED) is 0.730. The highest BCUT2D eigenvalue weighted by atomic mass is 16.5. The molecule has 0 unspecified atom stereocenters. The molecule has 0 aliphatic carbocycles. The van der Waals surface area contributed by atoms with Crippen molar-refractivity contribution in [3.05, 3.63) is 29.3 Å². The first kappa shape index (κ1) is 10.2. The summed E-state index contributed by atoms with van der Waals surface area (Å²) in [5.41, 5.74) is 0.768. The van der Waals surface area contributed by atoms with Crippen LogP contribution in [0.5, 0.6) is 5.75 Å². The van der Waals surface area contributed by atoms with Crippen LogP contribution in [0.15, 0.2) is 18.2 Å². The van der Waals surface area contributed by atoms with Crippen LogP contribution < -0.4 is 4.74 Å². The van der Waals surface area contributed by atoms with Crippen molar-refractivity contribution < 1.29 is 19.4 Å². The van der Waals surface area contributed by atoms with Gasteiger partial charge < -0.3 is 9.84 Å². The molecule has 0 saturated heterocycles. The second kappa shape index (κ2) is 4.41. The number of ether oxygens (including phenoxy) is 1. The summed E-state index contributed by atoms with van der Waals surface area (Å²) in [4.78, 5) is 21.2. The van der Waals surface area contributed by atoms with Crippen molar-refractivity contribution in [3.63, 3.8) is 0 Å². The van der Waals surface area contributed by atoms with Gasteiger partial charge in [0.25, 0.3) is 0 Å². The normalized spacial score (nSPS) is 9.50. The van der Waals surface area contributed by atoms with Gasteiger partial charge in [-0.15, -0.1) is 0 Å². The smallest absolute Gasteiger partial charge is 0.307 e. The molecule has 14 heavy (non-hydrogen) atoms. The molecule has 0 amide bonds. The minimum absolute atomic E-state index is 0.210. The van der Waals surface area contributed by atoms with E-state index in [1.54, 1.807) is 18.2 Å². The van der Waals surface area contributed by atoms with E-state index in [-0.39, 0.29) is 6.42 Å². The lowest BCUT2D eigenvalue weighted by molar-refractivity contribution is -0.136. The predicted molar refractivity (Wildman–Crippen MR) is 49.7 cm³/mol. The molecule has 0 aliphatic heterocycles. The van der Waals surface area contributed by atoms with Crippen LogP contribution in [0.25, 0.3) is 0 Å². The van der Waals surface area contributed by atoms with Crippen molar-refractivity contribution >= 4 is 12.3 Å². The van der Waals surface area contributed by atoms with E-state index in [2.05, 4.69) is 0 Å². The third-order valence-corrected chi connectivity index (χ3v) is 1.84. The van der Waals surface area contributed by atoms with Crippen molar-refractivity contribution in [2.24, 2.45) is 0 Å². The fraction of sp³-hybridized carbons (Fsp3) is 0.200. The average molecular weight is 194 g/mol. The topological polar surface area (TPSA) is 63.6 Å². The van der Waals surface area contributed by atoms with Gasteiger partial charge in [-0.25, -0.2) is 0 Å². The average Bonchev–Trinajstić information content (AvgIpc) is 2.17. The van der Waals surface area contributed by atoms with Crippen LogP contribution in [0.3, 0.4) is 0 Å². The van der Waals surface area contributed by atoms with E-state index in [0.29, 0.717) is 23.2 Å². The molecule has 0 bridgehead atoms. The SMILES string of the molecule is COc1cccc(C=O)c1CC(=O)O. The van der Waals surface area contributed by atoms with Gasteiger partial charge in [0.05, 0.1) is 13.5 Å². The van der Waals surface area contributed by atoms with Crippen LogP contribution in [0.1, 0.15) is 15.9 Å². The van der Waals surface area contributed by atoms with Gasteiger partial charge in [-0.1, -0.05) is 12.1 Å². The monoisotopic (exact) mass is 194 g/mol. The van der Waals surface area contributed by atoms with Gasteiger partial charge in [0, 0.05) is 11.1 Å². The summed E-state index contributed by atoms with van der Waals surface area (Å²) in [7, 11) is 1.44. The highest BCUT2D eigenvalue weighted by molar-refractivity contribution is 5.82. The van der Waals surface area contributed by atoms with Gasteiger partial charge >= 0.3 is 5.97 Å². The van der Waals surface area contributed by atoms with Gasteiger partial charge in [-0.05, 0) is 6.07 Å². The minimum Gasteiger partial charge on any atom is -0.496 e. The number of carboxylic acids is 1. The van der Waals surface area contributed by atoms with E-state index in [9.17, 15) is 9.59 Å². The van der Waals surface area contributed by atoms with E-state index in [0.717, 1.165) is 0 Å². The molecule has 0 aromatic heterocycles. The van der Waals surface area contributed by atoms with E-state index < -0.39 is 5.97 Å². The first-order valence-corrected chi connectivity index (χ1v) is 4.02. The third kappa shape index (κ3) is 2.10. The van der Waals surface area contributed by atoms with Gasteiger partial charge in [-0.3, -0.25) is 9.59 Å². The molecule has 1 N–H and O–H groups in total. The van der Waals surface area contributed by atoms with Gasteiger partial charge in [0.1, 0.15) is 12.0 Å². The summed E-state index contributed by atoms with van der Waals surface area (Å²) in [6.45, 7) is 0. The van der Waals surface area contributed by atoms with E-state index in [1.807, 2.05) is 0 Å². The maximum Gasteiger partial charge on any atom is 0.307 e. The molecule has 0 fully saturated rings. The first-order chi connectivity index (χ1) is 6.69. The minimum atomic E-state index is -0.988. The zero-order valence-corrected chi connectivity index (χ0v) is 7.69. The van der Waals surface area contributed by atoms with Crippen molar-refractivity contribution in [2.75, 3.05) is 7.11 Å². The molecule has 0 radical (unpaired) electrons. The highest BCUT2D eigenvalue weighted by Gasteiger charge is 2.11. The highest BCUT2D eigenvalue weighted by Crippen LogP contribution is 2.21. The van der Waals surface area contributed by atoms with Crippen molar-refractivity contribution in [1.82, 2.24) is 0 Å². The summed E-state index contributed by atoms with van der Waals surface area (Å²) < 4.78 is 4.97. The number of carboxylic acid groups (broad SMARTS) is 1. The molecule has 0 saturated carbocycles. The fourth-order valence-corrected chi connectivity index (χ4v) is 1.22. The molecule has 0 spiro atoms. The largest absolute Gasteiger partial charge is 0.496 e. The molecule has 4 nitrogen and oxygen atoms in total. The standard InChI is InChI=1S/C10H10O4/c1-14-9-4-2-3-7(6-11)8(9)5-10(12)13/h2-4,6H,5H2,1H3,(H,12,13). The van der Waals surface area contributed by atoms with Gasteiger partial charge in [0.15, 0.2) is 0 Å². The second-order valence-electron chi connectivity index (χ2n) is 2.72. The Morgan fingerprint density at radius 3 is 2.79 bits per heavy atom. The lowest BCUT2D eigenvalue weighted by Crippen LogP contribution is -2.05. The fourth-order valence-electron chi connectivity index (χ4n) is 1.22. The lowest BCUT2D eigenvalue weighted by atomic mass is 10.0. The number of carbonyl (C=O) groups excluding carboxylic acids is 1. The lowest BCUT2D eigenvalue weighted by Gasteiger charge is -2.07. The van der Waals surface area contributed by atoms with Crippen molar-refractivity contribution in [3.8, 4) is 5.75 Å². The Kier molecular flexibility index (Phi) is 3.23. The Hall–Kier alpha value is -1.84. The zero-order chi connectivity index (χ0) is 10.6. The molecular weight excluding hydrogens is 184 g/mol. The van der Waals surface area contributed by atoms with Gasteiger partial charge in [-0.2, -0.15) is 0 Å². The summed E-state index contributed by atoms with van der Waals surface area (Å²) in [5, 5.41) is 8.64. The maximum atomic E-state index is 10.6. The summed E-state index contributed by atoms with van der Waals surface area (Å²) >= 11 is 0. The summed E-state index contributed by atoms with van der Waals surface area (Å²) in [6, 6.07) is 4.84. The van der Waals surface area contributed by atoms with Crippen LogP contribution in [-0.2, 0) is 11.2 Å². The number of hydrogen-bond acceptors (Lipinski definition) is 3. The molecular formula is C10H10O4. The van der Waals surface area contributed by atoms with Crippen molar-refractivity contribution in [2.45, 2.75) is 6.42 Å². The van der Waals surface area contributed by atoms with E-state index in [4.69, 9.17) is 9.84 Å². The zero-order valence-electron chi connectivity index (χ0n) is 7.69. The molecule has 0 atom stereocenters. The Labute approximate surface area is 81.1 Å². The van der Waals surface area contributed by atoms with Crippen LogP contribution >= 0.6 is 0 Å². The molecule has 0 heterocycles. The van der Waals surface area contributed by atoms with E-state index >= 15 is 0 Å². The second-order valence-corrected chi connectivity index (χ2v) is 2.72. The molecule has 1 aromatic rings. The van der Waals surface area contributed by atoms with Crippen LogP contribution in [-0.4, -0.2) is 24.5 Å². The van der Waals surface area contributed by atoms with Crippen LogP contribution in [0, 0.1) is 0 Å². The molecule has 74 valence electrons. The number of carbonyl (C=O) groups is 2. The third-order valence-electron chi connectivity index (χ3n) is 1.84. The first-order valence-electron chi connectivity index (χ1n) is 4.02. The summed E-state index contributed by atoms with van der Waals surface area (Å²) in [5.74, 6) is -0.561. The van der Waals surface area contributed by atoms with Gasteiger partial charge in [0.2, 0.25) is 0 Å².